The van der Waals surface area contributed by atoms with Gasteiger partial charge < -0.3 is 10.2 Å². The van der Waals surface area contributed by atoms with Crippen molar-refractivity contribution in [2.75, 3.05) is 26.7 Å². The Morgan fingerprint density at radius 3 is 2.58 bits per heavy atom. The Hall–Kier alpha value is -3.05. The topological polar surface area (TPSA) is 58.1 Å². The molecule has 1 aliphatic rings. The molecule has 0 saturated carbocycles. The first-order valence-electron chi connectivity index (χ1n) is 11.9. The molecule has 2 unspecified atom stereocenters. The van der Waals surface area contributed by atoms with E-state index < -0.39 is 5.41 Å². The predicted molar refractivity (Wildman–Crippen MR) is 133 cm³/mol. The molecule has 3 aromatic rings. The Bertz CT molecular complexity index is 1040. The van der Waals surface area contributed by atoms with Gasteiger partial charge in [-0.2, -0.15) is 0 Å². The largest absolute Gasteiger partial charge is 0.359 e. The predicted octanol–water partition coefficient (Wildman–Crippen LogP) is 4.71. The van der Waals surface area contributed by atoms with Gasteiger partial charge in [-0.15, -0.1) is 0 Å². The number of nitrogens with one attached hydrogen (secondary N) is 1. The lowest BCUT2D eigenvalue weighted by Crippen LogP contribution is -2.52. The summed E-state index contributed by atoms with van der Waals surface area (Å²) in [6, 6.07) is 19.0. The molecule has 5 nitrogen and oxygen atoms in total. The van der Waals surface area contributed by atoms with E-state index in [1.54, 1.807) is 13.4 Å². The van der Waals surface area contributed by atoms with Crippen molar-refractivity contribution in [2.45, 2.75) is 38.5 Å². The van der Waals surface area contributed by atoms with Crippen LogP contribution in [0.4, 0.5) is 0 Å². The van der Waals surface area contributed by atoms with Gasteiger partial charge in [0.25, 0.3) is 0 Å². The number of piperidine rings is 1. The van der Waals surface area contributed by atoms with Crippen LogP contribution in [-0.4, -0.2) is 47.5 Å². The van der Waals surface area contributed by atoms with Crippen molar-refractivity contribution in [1.29, 1.82) is 0 Å². The van der Waals surface area contributed by atoms with Crippen LogP contribution in [0.25, 0.3) is 11.1 Å². The van der Waals surface area contributed by atoms with E-state index in [9.17, 15) is 4.79 Å². The zero-order chi connectivity index (χ0) is 23.1. The van der Waals surface area contributed by atoms with Gasteiger partial charge in [0.05, 0.1) is 5.41 Å². The van der Waals surface area contributed by atoms with Gasteiger partial charge in [-0.3, -0.25) is 4.79 Å². The van der Waals surface area contributed by atoms with Crippen LogP contribution in [0, 0.1) is 5.41 Å². The molecule has 1 N–H and O–H groups in total. The summed E-state index contributed by atoms with van der Waals surface area (Å²) in [5.41, 5.74) is 4.22. The third-order valence-electron chi connectivity index (χ3n) is 7.03. The Morgan fingerprint density at radius 1 is 1.09 bits per heavy atom. The molecule has 2 atom stereocenters. The van der Waals surface area contributed by atoms with Crippen molar-refractivity contribution >= 4 is 5.91 Å². The number of carbonyl (C=O) groups excluding carboxylic acids is 1. The highest BCUT2D eigenvalue weighted by molar-refractivity contribution is 5.83. The zero-order valence-corrected chi connectivity index (χ0v) is 19.7. The highest BCUT2D eigenvalue weighted by Gasteiger charge is 2.42. The fraction of sp³-hybridized carbons (Fsp3) is 0.393. The number of amides is 1. The first kappa shape index (κ1) is 23.1. The van der Waals surface area contributed by atoms with Crippen LogP contribution in [0.5, 0.6) is 0 Å². The smallest absolute Gasteiger partial charge is 0.227 e. The minimum absolute atomic E-state index is 0.141. The number of nitrogens with zero attached hydrogens (tertiary/aromatic N) is 3. The lowest BCUT2D eigenvalue weighted by Gasteiger charge is -2.42. The number of hydrogen-bond donors (Lipinski definition) is 1. The summed E-state index contributed by atoms with van der Waals surface area (Å²) < 4.78 is 0. The number of aromatic nitrogens is 2. The van der Waals surface area contributed by atoms with Gasteiger partial charge >= 0.3 is 0 Å². The van der Waals surface area contributed by atoms with E-state index in [0.717, 1.165) is 50.0 Å². The molecule has 5 heteroatoms. The first-order chi connectivity index (χ1) is 16.1. The molecule has 2 aromatic carbocycles. The average Bonchev–Trinajstić information content (AvgIpc) is 2.88. The Kier molecular flexibility index (Phi) is 7.50. The highest BCUT2D eigenvalue weighted by Crippen LogP contribution is 2.37. The first-order valence-corrected chi connectivity index (χ1v) is 11.9. The van der Waals surface area contributed by atoms with Crippen LogP contribution in [0.2, 0.25) is 0 Å². The molecule has 33 heavy (non-hydrogen) atoms. The lowest BCUT2D eigenvalue weighted by molar-refractivity contribution is -0.134. The monoisotopic (exact) mass is 442 g/mol. The standard InChI is InChI=1S/C28H34N4O/c1-22(23-9-4-3-5-10-23)13-16-32-15-8-14-28(20-32,27(33)29-2)17-24-11-6-7-12-26(24)25-18-30-21-31-19-25/h3-7,9-12,18-19,21-22H,8,13-17,20H2,1-2H3,(H,29,33). The molecular weight excluding hydrogens is 408 g/mol. The molecular formula is C28H34N4O. The number of hydrogen-bond acceptors (Lipinski definition) is 4. The highest BCUT2D eigenvalue weighted by atomic mass is 16.2. The molecule has 0 radical (unpaired) electrons. The summed E-state index contributed by atoms with van der Waals surface area (Å²) in [6.45, 7) is 5.13. The number of carbonyl (C=O) groups is 1. The maximum absolute atomic E-state index is 13.3. The molecule has 0 bridgehead atoms. The normalized spacial score (nSPS) is 19.7. The second-order valence-electron chi connectivity index (χ2n) is 9.30. The SMILES string of the molecule is CNC(=O)C1(Cc2ccccc2-c2cncnc2)CCCN(CCC(C)c2ccccc2)C1. The van der Waals surface area contributed by atoms with Gasteiger partial charge in [-0.05, 0) is 61.4 Å². The van der Waals surface area contributed by atoms with Crippen molar-refractivity contribution in [2.24, 2.45) is 5.41 Å². The molecule has 1 aromatic heterocycles. The summed E-state index contributed by atoms with van der Waals surface area (Å²) in [4.78, 5) is 24.2. The molecule has 1 fully saturated rings. The van der Waals surface area contributed by atoms with E-state index in [2.05, 4.69) is 75.6 Å². The summed E-state index contributed by atoms with van der Waals surface area (Å²) in [5, 5.41) is 2.98. The average molecular weight is 443 g/mol. The third kappa shape index (κ3) is 5.48. The van der Waals surface area contributed by atoms with Gasteiger partial charge in [-0.1, -0.05) is 61.5 Å². The molecule has 4 rings (SSSR count). The van der Waals surface area contributed by atoms with Crippen LogP contribution in [0.15, 0.2) is 73.3 Å². The Balaban J connectivity index is 1.53. The van der Waals surface area contributed by atoms with Crippen molar-refractivity contribution < 1.29 is 4.79 Å². The maximum atomic E-state index is 13.3. The van der Waals surface area contributed by atoms with E-state index in [1.807, 2.05) is 18.5 Å². The van der Waals surface area contributed by atoms with Crippen LogP contribution < -0.4 is 5.32 Å². The van der Waals surface area contributed by atoms with Crippen LogP contribution in [-0.2, 0) is 11.2 Å². The van der Waals surface area contributed by atoms with Crippen molar-refractivity contribution in [3.05, 3.63) is 84.4 Å². The van der Waals surface area contributed by atoms with Crippen LogP contribution >= 0.6 is 0 Å². The minimum atomic E-state index is -0.436. The quantitative estimate of drug-likeness (QED) is 0.549. The van der Waals surface area contributed by atoms with E-state index in [0.29, 0.717) is 12.3 Å². The maximum Gasteiger partial charge on any atom is 0.227 e. The molecule has 0 spiro atoms. The van der Waals surface area contributed by atoms with Gasteiger partial charge in [0.1, 0.15) is 6.33 Å². The van der Waals surface area contributed by atoms with E-state index >= 15 is 0 Å². The number of likely N-dealkylation sites (tertiary alicyclic amines) is 1. The van der Waals surface area contributed by atoms with Crippen molar-refractivity contribution in [3.63, 3.8) is 0 Å². The van der Waals surface area contributed by atoms with Crippen LogP contribution in [0.1, 0.15) is 43.2 Å². The molecule has 172 valence electrons. The van der Waals surface area contributed by atoms with Crippen molar-refractivity contribution in [1.82, 2.24) is 20.2 Å². The summed E-state index contributed by atoms with van der Waals surface area (Å²) in [5.74, 6) is 0.642. The van der Waals surface area contributed by atoms with Gasteiger partial charge in [0, 0.05) is 31.5 Å². The summed E-state index contributed by atoms with van der Waals surface area (Å²) in [7, 11) is 1.76. The third-order valence-corrected chi connectivity index (χ3v) is 7.03. The summed E-state index contributed by atoms with van der Waals surface area (Å²) in [6.07, 6.45) is 8.97. The van der Waals surface area contributed by atoms with E-state index in [4.69, 9.17) is 0 Å². The second-order valence-corrected chi connectivity index (χ2v) is 9.30. The van der Waals surface area contributed by atoms with Gasteiger partial charge in [-0.25, -0.2) is 9.97 Å². The molecule has 1 saturated heterocycles. The number of rotatable bonds is 8. The Morgan fingerprint density at radius 2 is 1.82 bits per heavy atom. The fourth-order valence-electron chi connectivity index (χ4n) is 5.18. The van der Waals surface area contributed by atoms with Crippen LogP contribution in [0.3, 0.4) is 0 Å². The molecule has 1 amide bonds. The van der Waals surface area contributed by atoms with E-state index in [-0.39, 0.29) is 5.91 Å². The molecule has 0 aliphatic carbocycles. The number of benzene rings is 2. The summed E-state index contributed by atoms with van der Waals surface area (Å²) >= 11 is 0. The van der Waals surface area contributed by atoms with Crippen molar-refractivity contribution in [3.8, 4) is 11.1 Å². The van der Waals surface area contributed by atoms with Gasteiger partial charge in [0.15, 0.2) is 0 Å². The molecule has 2 heterocycles. The molecule has 1 aliphatic heterocycles. The zero-order valence-electron chi connectivity index (χ0n) is 19.7. The Labute approximate surface area is 197 Å². The van der Waals surface area contributed by atoms with E-state index in [1.165, 1.54) is 11.1 Å². The fourth-order valence-corrected chi connectivity index (χ4v) is 5.18. The minimum Gasteiger partial charge on any atom is -0.359 e. The lowest BCUT2D eigenvalue weighted by atomic mass is 9.73. The van der Waals surface area contributed by atoms with Gasteiger partial charge in [0.2, 0.25) is 5.91 Å². The second kappa shape index (κ2) is 10.7.